The van der Waals surface area contributed by atoms with Crippen molar-refractivity contribution in [1.82, 2.24) is 4.98 Å². The molecule has 0 bridgehead atoms. The summed E-state index contributed by atoms with van der Waals surface area (Å²) < 4.78 is 1.22. The number of aromatic nitrogens is 1. The van der Waals surface area contributed by atoms with Gasteiger partial charge >= 0.3 is 0 Å². The summed E-state index contributed by atoms with van der Waals surface area (Å²) in [6, 6.07) is 8.17. The van der Waals surface area contributed by atoms with Gasteiger partial charge < -0.3 is 5.11 Å². The second-order valence-corrected chi connectivity index (χ2v) is 6.74. The number of hydrogen-bond acceptors (Lipinski definition) is 4. The van der Waals surface area contributed by atoms with E-state index in [1.54, 1.807) is 11.3 Å². The SMILES string of the molecule is OC(Cc1nc2ccccc2s1)C1CCSC1. The first-order valence-electron chi connectivity index (χ1n) is 5.93. The third kappa shape index (κ3) is 2.49. The van der Waals surface area contributed by atoms with Crippen LogP contribution in [0.5, 0.6) is 0 Å². The predicted octanol–water partition coefficient (Wildman–Crippen LogP) is 2.95. The van der Waals surface area contributed by atoms with Crippen LogP contribution in [0.1, 0.15) is 11.4 Å². The van der Waals surface area contributed by atoms with Crippen LogP contribution in [0.15, 0.2) is 24.3 Å². The van der Waals surface area contributed by atoms with Gasteiger partial charge in [0.2, 0.25) is 0 Å². The van der Waals surface area contributed by atoms with Gasteiger partial charge in [-0.25, -0.2) is 4.98 Å². The van der Waals surface area contributed by atoms with Gasteiger partial charge in [-0.15, -0.1) is 11.3 Å². The van der Waals surface area contributed by atoms with Crippen LogP contribution in [0.25, 0.3) is 10.2 Å². The van der Waals surface area contributed by atoms with Crippen LogP contribution in [0, 0.1) is 5.92 Å². The molecule has 1 saturated heterocycles. The third-order valence-electron chi connectivity index (χ3n) is 3.23. The van der Waals surface area contributed by atoms with Gasteiger partial charge in [0.15, 0.2) is 0 Å². The zero-order valence-electron chi connectivity index (χ0n) is 9.50. The number of benzene rings is 1. The molecule has 0 saturated carbocycles. The lowest BCUT2D eigenvalue weighted by Crippen LogP contribution is -2.22. The lowest BCUT2D eigenvalue weighted by atomic mass is 10.00. The van der Waals surface area contributed by atoms with Gasteiger partial charge in [-0.3, -0.25) is 0 Å². The van der Waals surface area contributed by atoms with Crippen LogP contribution >= 0.6 is 23.1 Å². The van der Waals surface area contributed by atoms with Gasteiger partial charge in [0.1, 0.15) is 0 Å². The number of hydrogen-bond donors (Lipinski definition) is 1. The van der Waals surface area contributed by atoms with E-state index < -0.39 is 0 Å². The topological polar surface area (TPSA) is 33.1 Å². The highest BCUT2D eigenvalue weighted by Gasteiger charge is 2.24. The molecule has 0 amide bonds. The van der Waals surface area contributed by atoms with E-state index in [0.717, 1.165) is 22.7 Å². The van der Waals surface area contributed by atoms with E-state index in [-0.39, 0.29) is 6.10 Å². The van der Waals surface area contributed by atoms with E-state index in [1.165, 1.54) is 10.5 Å². The maximum absolute atomic E-state index is 10.2. The molecule has 2 atom stereocenters. The number of thiazole rings is 1. The molecule has 1 aliphatic rings. The van der Waals surface area contributed by atoms with Gasteiger partial charge in [0.05, 0.1) is 21.3 Å². The molecule has 1 aromatic carbocycles. The smallest absolute Gasteiger partial charge is 0.0964 e. The Morgan fingerprint density at radius 1 is 1.41 bits per heavy atom. The summed E-state index contributed by atoms with van der Waals surface area (Å²) in [5.41, 5.74) is 1.06. The maximum atomic E-state index is 10.2. The largest absolute Gasteiger partial charge is 0.392 e. The summed E-state index contributed by atoms with van der Waals surface area (Å²) in [7, 11) is 0. The fraction of sp³-hybridized carbons (Fsp3) is 0.462. The fourth-order valence-electron chi connectivity index (χ4n) is 2.21. The minimum Gasteiger partial charge on any atom is -0.392 e. The summed E-state index contributed by atoms with van der Waals surface area (Å²) in [5.74, 6) is 2.76. The van der Waals surface area contributed by atoms with Crippen LogP contribution in [0.3, 0.4) is 0 Å². The van der Waals surface area contributed by atoms with Crippen LogP contribution in [0.2, 0.25) is 0 Å². The van der Waals surface area contributed by atoms with Crippen molar-refractivity contribution in [2.75, 3.05) is 11.5 Å². The van der Waals surface area contributed by atoms with Crippen molar-refractivity contribution in [3.63, 3.8) is 0 Å². The monoisotopic (exact) mass is 265 g/mol. The first kappa shape index (κ1) is 11.5. The zero-order chi connectivity index (χ0) is 11.7. The minimum atomic E-state index is -0.217. The van der Waals surface area contributed by atoms with E-state index in [0.29, 0.717) is 12.3 Å². The van der Waals surface area contributed by atoms with Crippen molar-refractivity contribution in [2.45, 2.75) is 18.9 Å². The normalized spacial score (nSPS) is 22.1. The molecule has 2 heterocycles. The van der Waals surface area contributed by atoms with Gasteiger partial charge in [-0.05, 0) is 36.0 Å². The van der Waals surface area contributed by atoms with Gasteiger partial charge in [0, 0.05) is 6.42 Å². The summed E-state index contributed by atoms with van der Waals surface area (Å²) in [5, 5.41) is 11.2. The summed E-state index contributed by atoms with van der Waals surface area (Å²) in [6.07, 6.45) is 1.65. The zero-order valence-corrected chi connectivity index (χ0v) is 11.1. The molecule has 2 unspecified atom stereocenters. The van der Waals surface area contributed by atoms with E-state index in [1.807, 2.05) is 30.0 Å². The average Bonchev–Trinajstić information content (AvgIpc) is 2.97. The lowest BCUT2D eigenvalue weighted by molar-refractivity contribution is 0.120. The number of thioether (sulfide) groups is 1. The van der Waals surface area contributed by atoms with E-state index in [2.05, 4.69) is 11.1 Å². The second kappa shape index (κ2) is 4.96. The predicted molar refractivity (Wildman–Crippen MR) is 74.8 cm³/mol. The number of para-hydroxylation sites is 1. The number of fused-ring (bicyclic) bond motifs is 1. The van der Waals surface area contributed by atoms with Crippen LogP contribution in [0.4, 0.5) is 0 Å². The Labute approximate surface area is 109 Å². The Morgan fingerprint density at radius 3 is 3.06 bits per heavy atom. The molecule has 2 nitrogen and oxygen atoms in total. The third-order valence-corrected chi connectivity index (χ3v) is 5.48. The Balaban J connectivity index is 1.75. The maximum Gasteiger partial charge on any atom is 0.0964 e. The number of rotatable bonds is 3. The fourth-order valence-corrected chi connectivity index (χ4v) is 4.55. The lowest BCUT2D eigenvalue weighted by Gasteiger charge is -2.15. The van der Waals surface area contributed by atoms with Crippen LogP contribution in [-0.4, -0.2) is 27.7 Å². The first-order chi connectivity index (χ1) is 8.33. The van der Waals surface area contributed by atoms with E-state index >= 15 is 0 Å². The molecule has 90 valence electrons. The highest BCUT2D eigenvalue weighted by atomic mass is 32.2. The van der Waals surface area contributed by atoms with Gasteiger partial charge in [0.25, 0.3) is 0 Å². The molecular weight excluding hydrogens is 250 g/mol. The van der Waals surface area contributed by atoms with Crippen LogP contribution < -0.4 is 0 Å². The summed E-state index contributed by atoms with van der Waals surface area (Å²) in [4.78, 5) is 4.58. The van der Waals surface area contributed by atoms with Crippen molar-refractivity contribution in [1.29, 1.82) is 0 Å². The highest BCUT2D eigenvalue weighted by molar-refractivity contribution is 7.99. The Bertz CT molecular complexity index is 472. The molecule has 1 aromatic heterocycles. The molecule has 0 aliphatic carbocycles. The number of nitrogens with zero attached hydrogens (tertiary/aromatic N) is 1. The standard InChI is InChI=1S/C13H15NOS2/c15-11(9-5-6-16-8-9)7-13-14-10-3-1-2-4-12(10)17-13/h1-4,9,11,15H,5-8H2. The van der Waals surface area contributed by atoms with Crippen molar-refractivity contribution in [3.05, 3.63) is 29.3 Å². The first-order valence-corrected chi connectivity index (χ1v) is 7.90. The van der Waals surface area contributed by atoms with Crippen molar-refractivity contribution in [3.8, 4) is 0 Å². The minimum absolute atomic E-state index is 0.217. The number of aliphatic hydroxyl groups excluding tert-OH is 1. The molecule has 1 aliphatic heterocycles. The highest BCUT2D eigenvalue weighted by Crippen LogP contribution is 2.29. The molecule has 0 spiro atoms. The van der Waals surface area contributed by atoms with Gasteiger partial charge in [-0.1, -0.05) is 12.1 Å². The quantitative estimate of drug-likeness (QED) is 0.926. The molecule has 2 aromatic rings. The Morgan fingerprint density at radius 2 is 2.29 bits per heavy atom. The molecule has 17 heavy (non-hydrogen) atoms. The van der Waals surface area contributed by atoms with Gasteiger partial charge in [-0.2, -0.15) is 11.8 Å². The Hall–Kier alpha value is -0.580. The van der Waals surface area contributed by atoms with E-state index in [4.69, 9.17) is 0 Å². The molecule has 3 rings (SSSR count). The summed E-state index contributed by atoms with van der Waals surface area (Å²) in [6.45, 7) is 0. The average molecular weight is 265 g/mol. The molecule has 1 N–H and O–H groups in total. The molecule has 0 radical (unpaired) electrons. The number of aliphatic hydroxyl groups is 1. The molecule has 1 fully saturated rings. The Kier molecular flexibility index (Phi) is 3.36. The molecule has 4 heteroatoms. The second-order valence-electron chi connectivity index (χ2n) is 4.47. The molecular formula is C13H15NOS2. The van der Waals surface area contributed by atoms with Crippen molar-refractivity contribution in [2.24, 2.45) is 5.92 Å². The van der Waals surface area contributed by atoms with E-state index in [9.17, 15) is 5.11 Å². The van der Waals surface area contributed by atoms with Crippen molar-refractivity contribution < 1.29 is 5.11 Å². The van der Waals surface area contributed by atoms with Crippen LogP contribution in [-0.2, 0) is 6.42 Å². The van der Waals surface area contributed by atoms with Crippen molar-refractivity contribution >= 4 is 33.3 Å². The summed E-state index contributed by atoms with van der Waals surface area (Å²) >= 11 is 3.66.